The molecule has 22 heavy (non-hydrogen) atoms. The number of rotatable bonds is 5. The molecule has 2 aromatic rings. The lowest BCUT2D eigenvalue weighted by molar-refractivity contribution is -0.0511. The van der Waals surface area contributed by atoms with E-state index >= 15 is 0 Å². The van der Waals surface area contributed by atoms with Crippen molar-refractivity contribution in [3.05, 3.63) is 30.0 Å². The molecular formula is C13H13F2N3O4. The minimum absolute atomic E-state index is 0.124. The number of methoxy groups -OCH3 is 1. The van der Waals surface area contributed by atoms with E-state index in [0.29, 0.717) is 5.76 Å². The number of carbonyl (C=O) groups is 1. The molecule has 0 saturated carbocycles. The third-order valence-corrected chi connectivity index (χ3v) is 2.51. The van der Waals surface area contributed by atoms with Crippen LogP contribution in [0.25, 0.3) is 0 Å². The van der Waals surface area contributed by atoms with Crippen molar-refractivity contribution in [2.75, 3.05) is 17.7 Å². The van der Waals surface area contributed by atoms with Gasteiger partial charge in [-0.3, -0.25) is 5.32 Å². The molecular weight excluding hydrogens is 300 g/mol. The van der Waals surface area contributed by atoms with Gasteiger partial charge in [0.05, 0.1) is 7.11 Å². The Morgan fingerprint density at radius 2 is 2.05 bits per heavy atom. The van der Waals surface area contributed by atoms with Gasteiger partial charge in [0.25, 0.3) is 0 Å². The van der Waals surface area contributed by atoms with Crippen LogP contribution in [0.3, 0.4) is 0 Å². The van der Waals surface area contributed by atoms with Gasteiger partial charge in [0.2, 0.25) is 0 Å². The van der Waals surface area contributed by atoms with Crippen molar-refractivity contribution in [1.29, 1.82) is 0 Å². The predicted molar refractivity (Wildman–Crippen MR) is 73.5 cm³/mol. The van der Waals surface area contributed by atoms with Crippen molar-refractivity contribution in [3.63, 3.8) is 0 Å². The second-order valence-corrected chi connectivity index (χ2v) is 4.15. The van der Waals surface area contributed by atoms with Gasteiger partial charge in [0, 0.05) is 17.8 Å². The number of hydrogen-bond donors (Lipinski definition) is 2. The Kier molecular flexibility index (Phi) is 4.77. The van der Waals surface area contributed by atoms with Gasteiger partial charge < -0.3 is 19.3 Å². The van der Waals surface area contributed by atoms with E-state index in [9.17, 15) is 13.6 Å². The van der Waals surface area contributed by atoms with Crippen LogP contribution in [-0.2, 0) is 0 Å². The largest absolute Gasteiger partial charge is 0.493 e. The van der Waals surface area contributed by atoms with E-state index in [4.69, 9.17) is 9.26 Å². The molecule has 0 radical (unpaired) electrons. The summed E-state index contributed by atoms with van der Waals surface area (Å²) in [5, 5.41) is 8.47. The molecule has 1 heterocycles. The van der Waals surface area contributed by atoms with Crippen LogP contribution in [0.2, 0.25) is 0 Å². The highest BCUT2D eigenvalue weighted by Crippen LogP contribution is 2.31. The minimum Gasteiger partial charge on any atom is -0.493 e. The lowest BCUT2D eigenvalue weighted by atomic mass is 10.3. The molecule has 9 heteroatoms. The summed E-state index contributed by atoms with van der Waals surface area (Å²) in [5.41, 5.74) is 0.245. The van der Waals surface area contributed by atoms with Crippen LogP contribution in [0.15, 0.2) is 28.8 Å². The number of carbonyl (C=O) groups excluding carboxylic acids is 1. The second-order valence-electron chi connectivity index (χ2n) is 4.15. The Morgan fingerprint density at radius 1 is 1.27 bits per heavy atom. The Balaban J connectivity index is 2.06. The number of nitrogens with one attached hydrogen (secondary N) is 2. The van der Waals surface area contributed by atoms with Gasteiger partial charge in [0.1, 0.15) is 5.76 Å². The molecule has 0 saturated heterocycles. The third-order valence-electron chi connectivity index (χ3n) is 2.51. The van der Waals surface area contributed by atoms with Gasteiger partial charge in [-0.1, -0.05) is 5.16 Å². The molecule has 118 valence electrons. The quantitative estimate of drug-likeness (QED) is 0.885. The molecule has 0 spiro atoms. The highest BCUT2D eigenvalue weighted by atomic mass is 19.3. The summed E-state index contributed by atoms with van der Waals surface area (Å²) in [5.74, 6) is 0.700. The maximum atomic E-state index is 12.3. The fraction of sp³-hybridized carbons (Fsp3) is 0.231. The molecule has 2 N–H and O–H groups in total. The van der Waals surface area contributed by atoms with E-state index in [1.54, 1.807) is 6.92 Å². The molecule has 0 aliphatic rings. The number of alkyl halides is 2. The average molecular weight is 313 g/mol. The molecule has 0 aliphatic heterocycles. The molecule has 0 bridgehead atoms. The van der Waals surface area contributed by atoms with Crippen molar-refractivity contribution in [2.45, 2.75) is 13.5 Å². The number of nitrogens with zero attached hydrogens (tertiary/aromatic N) is 1. The SMILES string of the molecule is COc1ccc(NC(=O)Nc2cc(C)on2)cc1OC(F)F. The van der Waals surface area contributed by atoms with E-state index in [-0.39, 0.29) is 23.0 Å². The van der Waals surface area contributed by atoms with Crippen LogP contribution in [0.4, 0.5) is 25.1 Å². The number of ether oxygens (including phenoxy) is 2. The number of amides is 2. The minimum atomic E-state index is -3.00. The molecule has 0 unspecified atom stereocenters. The van der Waals surface area contributed by atoms with Gasteiger partial charge in [-0.2, -0.15) is 8.78 Å². The van der Waals surface area contributed by atoms with E-state index in [2.05, 4.69) is 20.5 Å². The Morgan fingerprint density at radius 3 is 2.64 bits per heavy atom. The summed E-state index contributed by atoms with van der Waals surface area (Å²) >= 11 is 0. The highest BCUT2D eigenvalue weighted by molar-refractivity contribution is 5.99. The Labute approximate surface area is 124 Å². The number of hydrogen-bond acceptors (Lipinski definition) is 5. The van der Waals surface area contributed by atoms with Crippen molar-refractivity contribution >= 4 is 17.5 Å². The number of aryl methyl sites for hydroxylation is 1. The lowest BCUT2D eigenvalue weighted by Gasteiger charge is -2.12. The fourth-order valence-corrected chi connectivity index (χ4v) is 1.65. The fourth-order valence-electron chi connectivity index (χ4n) is 1.65. The van der Waals surface area contributed by atoms with Gasteiger partial charge in [-0.05, 0) is 19.1 Å². The van der Waals surface area contributed by atoms with Crippen LogP contribution in [0.1, 0.15) is 5.76 Å². The average Bonchev–Trinajstić information content (AvgIpc) is 2.83. The van der Waals surface area contributed by atoms with E-state index in [1.807, 2.05) is 0 Å². The second kappa shape index (κ2) is 6.74. The normalized spacial score (nSPS) is 10.4. The first-order valence-electron chi connectivity index (χ1n) is 6.12. The van der Waals surface area contributed by atoms with Crippen LogP contribution in [0.5, 0.6) is 11.5 Å². The zero-order valence-electron chi connectivity index (χ0n) is 11.7. The summed E-state index contributed by atoms with van der Waals surface area (Å²) in [6, 6.07) is 5.01. The van der Waals surface area contributed by atoms with Crippen molar-refractivity contribution in [2.24, 2.45) is 0 Å². The smallest absolute Gasteiger partial charge is 0.387 e. The van der Waals surface area contributed by atoms with Crippen LogP contribution < -0.4 is 20.1 Å². The van der Waals surface area contributed by atoms with Gasteiger partial charge in [-0.15, -0.1) is 0 Å². The van der Waals surface area contributed by atoms with E-state index in [1.165, 1.54) is 31.4 Å². The van der Waals surface area contributed by atoms with Crippen LogP contribution in [0, 0.1) is 6.92 Å². The number of urea groups is 1. The van der Waals surface area contributed by atoms with Crippen molar-refractivity contribution in [3.8, 4) is 11.5 Å². The maximum absolute atomic E-state index is 12.3. The van der Waals surface area contributed by atoms with Crippen molar-refractivity contribution < 1.29 is 27.6 Å². The standard InChI is InChI=1S/C13H13F2N3O4/c1-7-5-11(18-22-7)17-13(19)16-8-3-4-9(20-2)10(6-8)21-12(14)15/h3-6,12H,1-2H3,(H2,16,17,18,19). The molecule has 1 aromatic heterocycles. The van der Waals surface area contributed by atoms with Gasteiger partial charge in [0.15, 0.2) is 17.3 Å². The lowest BCUT2D eigenvalue weighted by Crippen LogP contribution is -2.19. The molecule has 0 atom stereocenters. The summed E-state index contributed by atoms with van der Waals surface area (Å²) in [4.78, 5) is 11.8. The summed E-state index contributed by atoms with van der Waals surface area (Å²) in [7, 11) is 1.32. The molecule has 1 aromatic carbocycles. The molecule has 2 amide bonds. The number of benzene rings is 1. The first-order chi connectivity index (χ1) is 10.5. The van der Waals surface area contributed by atoms with Crippen molar-refractivity contribution in [1.82, 2.24) is 5.16 Å². The number of halogens is 2. The zero-order valence-corrected chi connectivity index (χ0v) is 11.7. The molecule has 7 nitrogen and oxygen atoms in total. The zero-order chi connectivity index (χ0) is 16.1. The Bertz CT molecular complexity index is 660. The molecule has 0 fully saturated rings. The van der Waals surface area contributed by atoms with E-state index in [0.717, 1.165) is 0 Å². The first-order valence-corrected chi connectivity index (χ1v) is 6.12. The van der Waals surface area contributed by atoms with Crippen LogP contribution in [-0.4, -0.2) is 24.9 Å². The molecule has 2 rings (SSSR count). The summed E-state index contributed by atoms with van der Waals surface area (Å²) in [6.45, 7) is -1.33. The van der Waals surface area contributed by atoms with E-state index < -0.39 is 12.6 Å². The number of anilines is 2. The first kappa shape index (κ1) is 15.5. The molecule has 0 aliphatic carbocycles. The van der Waals surface area contributed by atoms with Gasteiger partial charge in [-0.25, -0.2) is 4.79 Å². The monoisotopic (exact) mass is 313 g/mol. The van der Waals surface area contributed by atoms with Gasteiger partial charge >= 0.3 is 12.6 Å². The maximum Gasteiger partial charge on any atom is 0.387 e. The van der Waals surface area contributed by atoms with Crippen LogP contribution >= 0.6 is 0 Å². The number of aromatic nitrogens is 1. The Hall–Kier alpha value is -2.84. The summed E-state index contributed by atoms with van der Waals surface area (Å²) in [6.07, 6.45) is 0. The summed E-state index contributed by atoms with van der Waals surface area (Å²) < 4.78 is 38.7. The third kappa shape index (κ3) is 4.08. The topological polar surface area (TPSA) is 85.6 Å². The highest BCUT2D eigenvalue weighted by Gasteiger charge is 2.13. The predicted octanol–water partition coefficient (Wildman–Crippen LogP) is 3.24.